The lowest BCUT2D eigenvalue weighted by Crippen LogP contribution is -2.21. The normalized spacial score (nSPS) is 11.2. The number of rotatable bonds is 8. The van der Waals surface area contributed by atoms with Gasteiger partial charge in [-0.05, 0) is 72.4 Å². The lowest BCUT2D eigenvalue weighted by atomic mass is 10.0. The van der Waals surface area contributed by atoms with Crippen molar-refractivity contribution in [3.63, 3.8) is 0 Å². The number of alkyl halides is 2. The Morgan fingerprint density at radius 3 is 1.87 bits per heavy atom. The Balaban J connectivity index is 1.63. The van der Waals surface area contributed by atoms with Crippen LogP contribution in [0.2, 0.25) is 0 Å². The molecule has 0 amide bonds. The lowest BCUT2D eigenvalue weighted by Gasteiger charge is -2.19. The number of nitriles is 1. The molecule has 0 aliphatic rings. The number of benzene rings is 3. The maximum Gasteiger partial charge on any atom is 0.426 e. The summed E-state index contributed by atoms with van der Waals surface area (Å²) in [5.74, 6) is -1.78. The van der Waals surface area contributed by atoms with Gasteiger partial charge in [-0.2, -0.15) is 14.0 Å². The smallest absolute Gasteiger partial charge is 0.426 e. The summed E-state index contributed by atoms with van der Waals surface area (Å²) in [4.78, 5) is 0. The van der Waals surface area contributed by atoms with Gasteiger partial charge in [0.1, 0.15) is 29.0 Å². The quantitative estimate of drug-likeness (QED) is 0.375. The van der Waals surface area contributed by atoms with E-state index in [1.165, 1.54) is 30.3 Å². The van der Waals surface area contributed by atoms with Crippen molar-refractivity contribution in [1.29, 1.82) is 5.26 Å². The van der Waals surface area contributed by atoms with Crippen LogP contribution in [-0.2, 0) is 25.4 Å². The Kier molecular flexibility index (Phi) is 6.96. The minimum absolute atomic E-state index is 0.0156. The molecule has 0 unspecified atom stereocenters. The molecule has 3 rings (SSSR count). The maximum absolute atomic E-state index is 14.5. The zero-order valence-electron chi connectivity index (χ0n) is 17.0. The molecular formula is C25H21F4NO. The van der Waals surface area contributed by atoms with Crippen LogP contribution in [0, 0.1) is 23.0 Å². The van der Waals surface area contributed by atoms with Gasteiger partial charge in [0, 0.05) is 0 Å². The summed E-state index contributed by atoms with van der Waals surface area (Å²) in [5, 5.41) is 8.72. The molecule has 0 aliphatic heterocycles. The summed E-state index contributed by atoms with van der Waals surface area (Å²) in [6.07, 6.45) is -0.923. The summed E-state index contributed by atoms with van der Waals surface area (Å²) >= 11 is 0. The SMILES string of the molecule is CCCc1ccc(C(F)(F)Oc2ccc(CCc3cc(F)c(C#N)c(F)c3)cc2)cc1. The number of hydrogen-bond acceptors (Lipinski definition) is 2. The summed E-state index contributed by atoms with van der Waals surface area (Å²) in [5.41, 5.74) is 1.37. The van der Waals surface area contributed by atoms with Crippen LogP contribution >= 0.6 is 0 Å². The van der Waals surface area contributed by atoms with Crippen molar-refractivity contribution >= 4 is 0 Å². The zero-order valence-corrected chi connectivity index (χ0v) is 17.0. The number of aryl methyl sites for hydroxylation is 3. The minimum Gasteiger partial charge on any atom is -0.429 e. The first kappa shape index (κ1) is 22.4. The molecule has 0 N–H and O–H groups in total. The summed E-state index contributed by atoms with van der Waals surface area (Å²) < 4.78 is 61.2. The molecule has 0 bridgehead atoms. The van der Waals surface area contributed by atoms with Gasteiger partial charge < -0.3 is 4.74 Å². The highest BCUT2D eigenvalue weighted by Crippen LogP contribution is 2.32. The first-order valence-corrected chi connectivity index (χ1v) is 9.95. The topological polar surface area (TPSA) is 33.0 Å². The predicted molar refractivity (Wildman–Crippen MR) is 110 cm³/mol. The lowest BCUT2D eigenvalue weighted by molar-refractivity contribution is -0.185. The van der Waals surface area contributed by atoms with Crippen LogP contribution in [-0.4, -0.2) is 0 Å². The highest BCUT2D eigenvalue weighted by molar-refractivity contribution is 5.36. The van der Waals surface area contributed by atoms with Gasteiger partial charge in [0.25, 0.3) is 0 Å². The van der Waals surface area contributed by atoms with Crippen molar-refractivity contribution in [3.05, 3.63) is 100 Å². The van der Waals surface area contributed by atoms with Crippen molar-refractivity contribution in [3.8, 4) is 11.8 Å². The van der Waals surface area contributed by atoms with E-state index in [-0.39, 0.29) is 11.3 Å². The molecule has 3 aromatic rings. The Labute approximate surface area is 178 Å². The fraction of sp³-hybridized carbons (Fsp3) is 0.240. The van der Waals surface area contributed by atoms with Gasteiger partial charge in [0.2, 0.25) is 0 Å². The second-order valence-corrected chi connectivity index (χ2v) is 7.26. The van der Waals surface area contributed by atoms with Gasteiger partial charge in [-0.15, -0.1) is 0 Å². The molecule has 0 saturated heterocycles. The minimum atomic E-state index is -3.47. The van der Waals surface area contributed by atoms with E-state index in [4.69, 9.17) is 10.00 Å². The fourth-order valence-electron chi connectivity index (χ4n) is 3.25. The van der Waals surface area contributed by atoms with Crippen molar-refractivity contribution in [2.75, 3.05) is 0 Å². The number of halogens is 4. The number of nitrogens with zero attached hydrogens (tertiary/aromatic N) is 1. The Morgan fingerprint density at radius 2 is 1.32 bits per heavy atom. The van der Waals surface area contributed by atoms with Gasteiger partial charge in [0.15, 0.2) is 0 Å². The molecular weight excluding hydrogens is 406 g/mol. The van der Waals surface area contributed by atoms with Crippen molar-refractivity contribution in [1.82, 2.24) is 0 Å². The summed E-state index contributed by atoms with van der Waals surface area (Å²) in [7, 11) is 0. The molecule has 0 atom stereocenters. The van der Waals surface area contributed by atoms with Crippen LogP contribution in [0.3, 0.4) is 0 Å². The molecule has 0 radical (unpaired) electrons. The van der Waals surface area contributed by atoms with Crippen molar-refractivity contribution in [2.45, 2.75) is 38.7 Å². The molecule has 3 aromatic carbocycles. The molecule has 0 heterocycles. The van der Waals surface area contributed by atoms with E-state index in [0.717, 1.165) is 36.1 Å². The third-order valence-electron chi connectivity index (χ3n) is 4.91. The van der Waals surface area contributed by atoms with E-state index in [1.54, 1.807) is 24.3 Å². The van der Waals surface area contributed by atoms with Gasteiger partial charge in [-0.1, -0.05) is 37.6 Å². The Hall–Kier alpha value is -3.33. The highest BCUT2D eigenvalue weighted by atomic mass is 19.3. The van der Waals surface area contributed by atoms with E-state index in [9.17, 15) is 17.6 Å². The molecule has 2 nitrogen and oxygen atoms in total. The summed E-state index contributed by atoms with van der Waals surface area (Å²) in [6.45, 7) is 2.02. The predicted octanol–water partition coefficient (Wildman–Crippen LogP) is 6.70. The Morgan fingerprint density at radius 1 is 0.806 bits per heavy atom. The van der Waals surface area contributed by atoms with Crippen LogP contribution < -0.4 is 4.74 Å². The van der Waals surface area contributed by atoms with E-state index >= 15 is 0 Å². The average molecular weight is 427 g/mol. The monoisotopic (exact) mass is 427 g/mol. The Bertz CT molecular complexity index is 1050. The number of hydrogen-bond donors (Lipinski definition) is 0. The third-order valence-corrected chi connectivity index (χ3v) is 4.91. The first-order valence-electron chi connectivity index (χ1n) is 9.95. The van der Waals surface area contributed by atoms with E-state index < -0.39 is 23.3 Å². The standard InChI is InChI=1S/C25H21F4NO/c1-2-3-17-6-10-20(11-7-17)25(28,29)31-21-12-8-18(9-13-21)4-5-19-14-23(26)22(16-30)24(27)15-19/h6-15H,2-5H2,1H3. The molecule has 160 valence electrons. The zero-order chi connectivity index (χ0) is 22.4. The molecule has 31 heavy (non-hydrogen) atoms. The van der Waals surface area contributed by atoms with Crippen LogP contribution in [0.1, 0.15) is 41.2 Å². The molecule has 0 saturated carbocycles. The average Bonchev–Trinajstić information content (AvgIpc) is 2.73. The van der Waals surface area contributed by atoms with Crippen LogP contribution in [0.5, 0.6) is 5.75 Å². The molecule has 0 aromatic heterocycles. The van der Waals surface area contributed by atoms with E-state index in [0.29, 0.717) is 18.4 Å². The maximum atomic E-state index is 14.5. The van der Waals surface area contributed by atoms with Crippen molar-refractivity contribution in [2.24, 2.45) is 0 Å². The van der Waals surface area contributed by atoms with Crippen LogP contribution in [0.25, 0.3) is 0 Å². The van der Waals surface area contributed by atoms with Gasteiger partial charge in [-0.25, -0.2) is 8.78 Å². The summed E-state index contributed by atoms with van der Waals surface area (Å²) in [6, 6.07) is 16.0. The second-order valence-electron chi connectivity index (χ2n) is 7.26. The van der Waals surface area contributed by atoms with E-state index in [2.05, 4.69) is 0 Å². The third kappa shape index (κ3) is 5.64. The fourth-order valence-corrected chi connectivity index (χ4v) is 3.25. The van der Waals surface area contributed by atoms with Crippen molar-refractivity contribution < 1.29 is 22.3 Å². The molecule has 6 heteroatoms. The van der Waals surface area contributed by atoms with E-state index in [1.807, 2.05) is 6.92 Å². The molecule has 0 aliphatic carbocycles. The second kappa shape index (κ2) is 9.65. The molecule has 0 fully saturated rings. The van der Waals surface area contributed by atoms with Crippen LogP contribution in [0.15, 0.2) is 60.7 Å². The van der Waals surface area contributed by atoms with Gasteiger partial charge in [0.05, 0.1) is 5.56 Å². The number of ether oxygens (including phenoxy) is 1. The largest absolute Gasteiger partial charge is 0.429 e. The first-order chi connectivity index (χ1) is 14.8. The van der Waals surface area contributed by atoms with Crippen LogP contribution in [0.4, 0.5) is 17.6 Å². The highest BCUT2D eigenvalue weighted by Gasteiger charge is 2.34. The van der Waals surface area contributed by atoms with Gasteiger partial charge in [-0.3, -0.25) is 0 Å². The van der Waals surface area contributed by atoms with Gasteiger partial charge >= 0.3 is 6.11 Å². The molecule has 0 spiro atoms.